The molecule has 158 valence electrons. The number of methoxy groups -OCH3 is 1. The third-order valence-corrected chi connectivity index (χ3v) is 4.45. The minimum absolute atomic E-state index is 0.0758. The Balaban J connectivity index is 1.87. The first-order valence-corrected chi connectivity index (χ1v) is 10.2. The monoisotopic (exact) mass is 399 g/mol. The minimum atomic E-state index is 0.0758. The molecule has 0 aromatic heterocycles. The molecular weight excluding hydrogens is 366 g/mol. The largest absolute Gasteiger partial charge is 0.497 e. The van der Waals surface area contributed by atoms with Crippen molar-refractivity contribution in [3.05, 3.63) is 65.2 Å². The van der Waals surface area contributed by atoms with Gasteiger partial charge in [0.2, 0.25) is 0 Å². The third-order valence-electron chi connectivity index (χ3n) is 4.45. The molecule has 0 fully saturated rings. The number of hydrogen-bond donors (Lipinski definition) is 3. The molecule has 29 heavy (non-hydrogen) atoms. The van der Waals surface area contributed by atoms with Gasteiger partial charge in [0.1, 0.15) is 5.75 Å². The first-order chi connectivity index (χ1) is 14.2. The van der Waals surface area contributed by atoms with E-state index < -0.39 is 0 Å². The Kier molecular flexibility index (Phi) is 10.6. The van der Waals surface area contributed by atoms with Crippen LogP contribution in [-0.4, -0.2) is 44.5 Å². The van der Waals surface area contributed by atoms with Gasteiger partial charge in [-0.1, -0.05) is 36.4 Å². The Bertz CT molecular complexity index is 715. The van der Waals surface area contributed by atoms with Crippen molar-refractivity contribution in [1.82, 2.24) is 10.6 Å². The number of aliphatic hydroxyl groups excluding tert-OH is 1. The maximum Gasteiger partial charge on any atom is 0.191 e. The summed E-state index contributed by atoms with van der Waals surface area (Å²) >= 11 is 0. The molecule has 0 aliphatic heterocycles. The lowest BCUT2D eigenvalue weighted by molar-refractivity contribution is 0.145. The van der Waals surface area contributed by atoms with Gasteiger partial charge in [-0.15, -0.1) is 0 Å². The zero-order valence-corrected chi connectivity index (χ0v) is 17.5. The molecule has 2 rings (SSSR count). The number of guanidine groups is 1. The molecular formula is C23H33N3O3. The van der Waals surface area contributed by atoms with E-state index in [9.17, 15) is 0 Å². The molecule has 2 aromatic rings. The summed E-state index contributed by atoms with van der Waals surface area (Å²) in [5.74, 6) is 1.64. The Labute approximate surface area is 174 Å². The van der Waals surface area contributed by atoms with E-state index in [2.05, 4.69) is 22.8 Å². The molecule has 0 unspecified atom stereocenters. The van der Waals surface area contributed by atoms with Crippen molar-refractivity contribution < 1.29 is 14.6 Å². The Morgan fingerprint density at radius 2 is 1.59 bits per heavy atom. The molecule has 0 radical (unpaired) electrons. The minimum Gasteiger partial charge on any atom is -0.497 e. The van der Waals surface area contributed by atoms with Crippen molar-refractivity contribution in [1.29, 1.82) is 0 Å². The van der Waals surface area contributed by atoms with E-state index in [0.29, 0.717) is 6.54 Å². The summed E-state index contributed by atoms with van der Waals surface area (Å²) in [7, 11) is 1.67. The van der Waals surface area contributed by atoms with E-state index in [1.165, 1.54) is 5.56 Å². The molecule has 0 spiro atoms. The second-order valence-electron chi connectivity index (χ2n) is 6.64. The standard InChI is InChI=1S/C23H33N3O3/c1-3-29-16-4-14-24-23(26-17-20-9-11-22(28-2)12-10-20)25-15-13-19-5-7-21(18-27)8-6-19/h5-12,27H,3-4,13-18H2,1-2H3,(H2,24,25,26). The number of ether oxygens (including phenoxy) is 2. The van der Waals surface area contributed by atoms with Crippen LogP contribution in [0.4, 0.5) is 0 Å². The van der Waals surface area contributed by atoms with Gasteiger partial charge in [-0.05, 0) is 48.6 Å². The Morgan fingerprint density at radius 3 is 2.24 bits per heavy atom. The Morgan fingerprint density at radius 1 is 0.931 bits per heavy atom. The smallest absolute Gasteiger partial charge is 0.191 e. The zero-order valence-electron chi connectivity index (χ0n) is 17.5. The lowest BCUT2D eigenvalue weighted by Gasteiger charge is -2.13. The first kappa shape index (κ1) is 22.7. The van der Waals surface area contributed by atoms with Crippen LogP contribution in [0, 0.1) is 0 Å². The van der Waals surface area contributed by atoms with E-state index in [1.54, 1.807) is 7.11 Å². The Hall–Kier alpha value is -2.57. The number of rotatable bonds is 12. The van der Waals surface area contributed by atoms with E-state index in [4.69, 9.17) is 19.6 Å². The number of aliphatic imine (C=N–C) groups is 1. The molecule has 0 bridgehead atoms. The van der Waals surface area contributed by atoms with Crippen molar-refractivity contribution in [3.8, 4) is 5.75 Å². The topological polar surface area (TPSA) is 75.1 Å². The highest BCUT2D eigenvalue weighted by Crippen LogP contribution is 2.11. The summed E-state index contributed by atoms with van der Waals surface area (Å²) in [5.41, 5.74) is 3.28. The van der Waals surface area contributed by atoms with Crippen LogP contribution in [-0.2, 0) is 24.3 Å². The molecule has 0 amide bonds. The highest BCUT2D eigenvalue weighted by molar-refractivity contribution is 5.79. The maximum absolute atomic E-state index is 9.14. The summed E-state index contributed by atoms with van der Waals surface area (Å²) in [4.78, 5) is 4.71. The first-order valence-electron chi connectivity index (χ1n) is 10.2. The predicted octanol–water partition coefficient (Wildman–Crippen LogP) is 2.89. The molecule has 0 saturated carbocycles. The van der Waals surface area contributed by atoms with Crippen LogP contribution in [0.3, 0.4) is 0 Å². The van der Waals surface area contributed by atoms with Gasteiger partial charge < -0.3 is 25.2 Å². The highest BCUT2D eigenvalue weighted by atomic mass is 16.5. The number of nitrogens with zero attached hydrogens (tertiary/aromatic N) is 1. The highest BCUT2D eigenvalue weighted by Gasteiger charge is 2.01. The van der Waals surface area contributed by atoms with Gasteiger partial charge in [0.05, 0.1) is 20.3 Å². The van der Waals surface area contributed by atoms with Gasteiger partial charge >= 0.3 is 0 Å². The SMILES string of the molecule is CCOCCCNC(=NCc1ccc(OC)cc1)NCCc1ccc(CO)cc1. The average Bonchev–Trinajstić information content (AvgIpc) is 2.77. The molecule has 2 aromatic carbocycles. The van der Waals surface area contributed by atoms with E-state index in [0.717, 1.165) is 62.0 Å². The van der Waals surface area contributed by atoms with Gasteiger partial charge in [-0.3, -0.25) is 0 Å². The summed E-state index contributed by atoms with van der Waals surface area (Å²) in [6.07, 6.45) is 1.81. The predicted molar refractivity (Wildman–Crippen MR) is 117 cm³/mol. The van der Waals surface area contributed by atoms with Crippen LogP contribution in [0.5, 0.6) is 5.75 Å². The molecule has 6 nitrogen and oxygen atoms in total. The number of nitrogens with one attached hydrogen (secondary N) is 2. The van der Waals surface area contributed by atoms with Gasteiger partial charge in [-0.25, -0.2) is 4.99 Å². The summed E-state index contributed by atoms with van der Waals surface area (Å²) in [6.45, 7) is 5.74. The normalized spacial score (nSPS) is 11.3. The van der Waals surface area contributed by atoms with Gasteiger partial charge in [0.25, 0.3) is 0 Å². The van der Waals surface area contributed by atoms with E-state index >= 15 is 0 Å². The summed E-state index contributed by atoms with van der Waals surface area (Å²) in [6, 6.07) is 16.0. The second kappa shape index (κ2) is 13.6. The molecule has 0 atom stereocenters. The third kappa shape index (κ3) is 8.98. The van der Waals surface area contributed by atoms with Crippen molar-refractivity contribution in [2.45, 2.75) is 32.9 Å². The van der Waals surface area contributed by atoms with E-state index in [1.807, 2.05) is 43.3 Å². The molecule has 3 N–H and O–H groups in total. The van der Waals surface area contributed by atoms with Gasteiger partial charge in [0.15, 0.2) is 5.96 Å². The molecule has 0 saturated heterocycles. The number of aliphatic hydroxyl groups is 1. The lowest BCUT2D eigenvalue weighted by Crippen LogP contribution is -2.39. The maximum atomic E-state index is 9.14. The molecule has 0 heterocycles. The number of hydrogen-bond acceptors (Lipinski definition) is 4. The van der Waals surface area contributed by atoms with Gasteiger partial charge in [-0.2, -0.15) is 0 Å². The number of benzene rings is 2. The van der Waals surface area contributed by atoms with Crippen LogP contribution in [0.2, 0.25) is 0 Å². The van der Waals surface area contributed by atoms with Crippen LogP contribution < -0.4 is 15.4 Å². The van der Waals surface area contributed by atoms with E-state index in [-0.39, 0.29) is 6.61 Å². The van der Waals surface area contributed by atoms with Crippen LogP contribution in [0.1, 0.15) is 30.0 Å². The fourth-order valence-electron chi connectivity index (χ4n) is 2.74. The second-order valence-corrected chi connectivity index (χ2v) is 6.64. The molecule has 6 heteroatoms. The zero-order chi connectivity index (χ0) is 20.7. The van der Waals surface area contributed by atoms with Crippen LogP contribution in [0.25, 0.3) is 0 Å². The fourth-order valence-corrected chi connectivity index (χ4v) is 2.74. The molecule has 0 aliphatic rings. The summed E-state index contributed by atoms with van der Waals surface area (Å²) in [5, 5.41) is 15.9. The lowest BCUT2D eigenvalue weighted by atomic mass is 10.1. The quantitative estimate of drug-likeness (QED) is 0.291. The van der Waals surface area contributed by atoms with Crippen LogP contribution in [0.15, 0.2) is 53.5 Å². The average molecular weight is 400 g/mol. The molecule has 0 aliphatic carbocycles. The van der Waals surface area contributed by atoms with Crippen molar-refractivity contribution in [3.63, 3.8) is 0 Å². The van der Waals surface area contributed by atoms with Crippen molar-refractivity contribution in [2.75, 3.05) is 33.4 Å². The van der Waals surface area contributed by atoms with Crippen LogP contribution >= 0.6 is 0 Å². The van der Waals surface area contributed by atoms with Crippen molar-refractivity contribution >= 4 is 5.96 Å². The van der Waals surface area contributed by atoms with Gasteiger partial charge in [0, 0.05) is 26.3 Å². The van der Waals surface area contributed by atoms with Crippen molar-refractivity contribution in [2.24, 2.45) is 4.99 Å². The fraction of sp³-hybridized carbons (Fsp3) is 0.435. The summed E-state index contributed by atoms with van der Waals surface area (Å²) < 4.78 is 10.6.